The minimum absolute atomic E-state index is 0.0637. The monoisotopic (exact) mass is 416 g/mol. The zero-order valence-corrected chi connectivity index (χ0v) is 17.7. The standard InChI is InChI=1S/C22H28N2O6/c1-5-6-11-30-18-10-8-16(14-20(18)29-4)22(26)24-23-21(25)13-15-7-9-17(27-2)19(12-15)28-3/h7-10,12,14H,5-6,11,13H2,1-4H3,(H,23,25)(H,24,26). The zero-order valence-electron chi connectivity index (χ0n) is 17.7. The number of methoxy groups -OCH3 is 3. The molecule has 0 bridgehead atoms. The van der Waals surface area contributed by atoms with Crippen molar-refractivity contribution in [3.8, 4) is 23.0 Å². The van der Waals surface area contributed by atoms with Crippen molar-refractivity contribution in [2.24, 2.45) is 0 Å². The molecule has 0 fully saturated rings. The lowest BCUT2D eigenvalue weighted by Gasteiger charge is -2.13. The van der Waals surface area contributed by atoms with Gasteiger partial charge in [0.15, 0.2) is 23.0 Å². The third kappa shape index (κ3) is 6.30. The molecule has 2 aromatic carbocycles. The van der Waals surface area contributed by atoms with Crippen molar-refractivity contribution < 1.29 is 28.5 Å². The molecular weight excluding hydrogens is 388 g/mol. The summed E-state index contributed by atoms with van der Waals surface area (Å²) in [6, 6.07) is 10.0. The molecule has 8 nitrogen and oxygen atoms in total. The highest BCUT2D eigenvalue weighted by atomic mass is 16.5. The molecule has 0 aromatic heterocycles. The van der Waals surface area contributed by atoms with Crippen LogP contribution in [0.1, 0.15) is 35.7 Å². The number of hydrogen-bond acceptors (Lipinski definition) is 6. The zero-order chi connectivity index (χ0) is 21.9. The number of hydrogen-bond donors (Lipinski definition) is 2. The third-order valence-electron chi connectivity index (χ3n) is 4.31. The number of hydrazine groups is 1. The Morgan fingerprint density at radius 2 is 1.50 bits per heavy atom. The van der Waals surface area contributed by atoms with Crippen LogP contribution >= 0.6 is 0 Å². The summed E-state index contributed by atoms with van der Waals surface area (Å²) >= 11 is 0. The van der Waals surface area contributed by atoms with Gasteiger partial charge in [-0.2, -0.15) is 0 Å². The van der Waals surface area contributed by atoms with Crippen molar-refractivity contribution in [1.82, 2.24) is 10.9 Å². The first-order valence-electron chi connectivity index (χ1n) is 9.63. The Morgan fingerprint density at radius 1 is 0.833 bits per heavy atom. The van der Waals surface area contributed by atoms with E-state index < -0.39 is 5.91 Å². The molecule has 2 aromatic rings. The number of nitrogens with one attached hydrogen (secondary N) is 2. The molecular formula is C22H28N2O6. The Balaban J connectivity index is 1.94. The maximum absolute atomic E-state index is 12.4. The Bertz CT molecular complexity index is 869. The molecule has 30 heavy (non-hydrogen) atoms. The lowest BCUT2D eigenvalue weighted by atomic mass is 10.1. The fourth-order valence-corrected chi connectivity index (χ4v) is 2.67. The smallest absolute Gasteiger partial charge is 0.269 e. The highest BCUT2D eigenvalue weighted by Gasteiger charge is 2.13. The Hall–Kier alpha value is -3.42. The predicted molar refractivity (Wildman–Crippen MR) is 112 cm³/mol. The van der Waals surface area contributed by atoms with E-state index in [1.807, 2.05) is 0 Å². The normalized spacial score (nSPS) is 10.1. The van der Waals surface area contributed by atoms with Crippen LogP contribution in [0.2, 0.25) is 0 Å². The van der Waals surface area contributed by atoms with Crippen LogP contribution in [0.5, 0.6) is 23.0 Å². The van der Waals surface area contributed by atoms with Gasteiger partial charge in [0.25, 0.3) is 5.91 Å². The maximum Gasteiger partial charge on any atom is 0.269 e. The first kappa shape index (κ1) is 22.9. The van der Waals surface area contributed by atoms with Crippen LogP contribution in [-0.4, -0.2) is 39.8 Å². The summed E-state index contributed by atoms with van der Waals surface area (Å²) < 4.78 is 21.4. The van der Waals surface area contributed by atoms with Crippen LogP contribution in [0.25, 0.3) is 0 Å². The van der Waals surface area contributed by atoms with Crippen LogP contribution in [-0.2, 0) is 11.2 Å². The molecule has 162 valence electrons. The first-order valence-corrected chi connectivity index (χ1v) is 9.63. The van der Waals surface area contributed by atoms with Crippen LogP contribution in [0.15, 0.2) is 36.4 Å². The molecule has 0 aliphatic carbocycles. The molecule has 0 aliphatic heterocycles. The van der Waals surface area contributed by atoms with Crippen LogP contribution in [0.4, 0.5) is 0 Å². The lowest BCUT2D eigenvalue weighted by molar-refractivity contribution is -0.121. The fraction of sp³-hybridized carbons (Fsp3) is 0.364. The molecule has 0 radical (unpaired) electrons. The number of rotatable bonds is 10. The number of unbranched alkanes of at least 4 members (excludes halogenated alkanes) is 1. The van der Waals surface area contributed by atoms with Gasteiger partial charge < -0.3 is 18.9 Å². The van der Waals surface area contributed by atoms with E-state index in [0.717, 1.165) is 18.4 Å². The number of amides is 2. The van der Waals surface area contributed by atoms with Gasteiger partial charge in [0, 0.05) is 5.56 Å². The second-order valence-electron chi connectivity index (χ2n) is 6.44. The summed E-state index contributed by atoms with van der Waals surface area (Å²) in [5.74, 6) is 1.29. The predicted octanol–water partition coefficient (Wildman–Crippen LogP) is 2.90. The van der Waals surface area contributed by atoms with Crippen molar-refractivity contribution in [3.05, 3.63) is 47.5 Å². The van der Waals surface area contributed by atoms with E-state index in [2.05, 4.69) is 17.8 Å². The average molecular weight is 416 g/mol. The minimum atomic E-state index is -0.464. The second-order valence-corrected chi connectivity index (χ2v) is 6.44. The average Bonchev–Trinajstić information content (AvgIpc) is 2.77. The van der Waals surface area contributed by atoms with E-state index in [-0.39, 0.29) is 12.3 Å². The topological polar surface area (TPSA) is 95.1 Å². The van der Waals surface area contributed by atoms with E-state index in [9.17, 15) is 9.59 Å². The summed E-state index contributed by atoms with van der Waals surface area (Å²) in [4.78, 5) is 24.6. The van der Waals surface area contributed by atoms with Crippen molar-refractivity contribution >= 4 is 11.8 Å². The van der Waals surface area contributed by atoms with Gasteiger partial charge >= 0.3 is 0 Å². The molecule has 8 heteroatoms. The van der Waals surface area contributed by atoms with Crippen molar-refractivity contribution in [3.63, 3.8) is 0 Å². The Labute approximate surface area is 176 Å². The van der Waals surface area contributed by atoms with E-state index in [4.69, 9.17) is 18.9 Å². The molecule has 0 saturated heterocycles. The van der Waals surface area contributed by atoms with Crippen molar-refractivity contribution in [1.29, 1.82) is 0 Å². The summed E-state index contributed by atoms with van der Waals surface area (Å²) in [7, 11) is 4.57. The van der Waals surface area contributed by atoms with E-state index in [1.54, 1.807) is 43.5 Å². The van der Waals surface area contributed by atoms with Gasteiger partial charge in [0.2, 0.25) is 5.91 Å². The lowest BCUT2D eigenvalue weighted by Crippen LogP contribution is -2.42. The van der Waals surface area contributed by atoms with Crippen LogP contribution in [0, 0.1) is 0 Å². The summed E-state index contributed by atoms with van der Waals surface area (Å²) in [6.07, 6.45) is 2.01. The fourth-order valence-electron chi connectivity index (χ4n) is 2.67. The first-order chi connectivity index (χ1) is 14.5. The largest absolute Gasteiger partial charge is 0.493 e. The molecule has 0 atom stereocenters. The quantitative estimate of drug-likeness (QED) is 0.457. The van der Waals surface area contributed by atoms with E-state index in [1.165, 1.54) is 14.2 Å². The molecule has 2 amide bonds. The number of ether oxygens (including phenoxy) is 4. The Morgan fingerprint density at radius 3 is 2.17 bits per heavy atom. The molecule has 0 aliphatic rings. The van der Waals surface area contributed by atoms with Gasteiger partial charge in [0.1, 0.15) is 0 Å². The molecule has 2 N–H and O–H groups in total. The maximum atomic E-state index is 12.4. The SMILES string of the molecule is CCCCOc1ccc(C(=O)NNC(=O)Cc2ccc(OC)c(OC)c2)cc1OC. The molecule has 0 spiro atoms. The van der Waals surface area contributed by atoms with E-state index >= 15 is 0 Å². The van der Waals surface area contributed by atoms with Gasteiger partial charge in [-0.3, -0.25) is 20.4 Å². The number of benzene rings is 2. The summed E-state index contributed by atoms with van der Waals surface area (Å²) in [5, 5.41) is 0. The third-order valence-corrected chi connectivity index (χ3v) is 4.31. The minimum Gasteiger partial charge on any atom is -0.493 e. The summed E-state index contributed by atoms with van der Waals surface area (Å²) in [6.45, 7) is 2.65. The van der Waals surface area contributed by atoms with Crippen LogP contribution < -0.4 is 29.8 Å². The van der Waals surface area contributed by atoms with Gasteiger partial charge in [-0.25, -0.2) is 0 Å². The van der Waals surface area contributed by atoms with Crippen LogP contribution in [0.3, 0.4) is 0 Å². The van der Waals surface area contributed by atoms with Crippen molar-refractivity contribution in [2.75, 3.05) is 27.9 Å². The molecule has 0 saturated carbocycles. The molecule has 0 unspecified atom stereocenters. The number of carbonyl (C=O) groups excluding carboxylic acids is 2. The van der Waals surface area contributed by atoms with Gasteiger partial charge in [-0.1, -0.05) is 19.4 Å². The number of carbonyl (C=O) groups is 2. The molecule has 0 heterocycles. The second kappa shape index (κ2) is 11.5. The van der Waals surface area contributed by atoms with Crippen molar-refractivity contribution in [2.45, 2.75) is 26.2 Å². The van der Waals surface area contributed by atoms with Gasteiger partial charge in [0.05, 0.1) is 34.4 Å². The summed E-state index contributed by atoms with van der Waals surface area (Å²) in [5.41, 5.74) is 5.86. The van der Waals surface area contributed by atoms with E-state index in [0.29, 0.717) is 35.2 Å². The molecule has 2 rings (SSSR count). The van der Waals surface area contributed by atoms with Gasteiger partial charge in [-0.15, -0.1) is 0 Å². The van der Waals surface area contributed by atoms with Gasteiger partial charge in [-0.05, 0) is 42.3 Å². The highest BCUT2D eigenvalue weighted by Crippen LogP contribution is 2.29. The highest BCUT2D eigenvalue weighted by molar-refractivity contribution is 5.96. The Kier molecular flexibility index (Phi) is 8.80.